The minimum Gasteiger partial charge on any atom is -0.479 e. The van der Waals surface area contributed by atoms with Gasteiger partial charge in [-0.15, -0.1) is 0 Å². The molecule has 0 aromatic heterocycles. The molecule has 0 bridgehead atoms. The van der Waals surface area contributed by atoms with Crippen molar-refractivity contribution in [2.24, 2.45) is 0 Å². The van der Waals surface area contributed by atoms with Crippen molar-refractivity contribution in [3.63, 3.8) is 0 Å². The number of alkyl halides is 3. The standard InChI is InChI=1S/C9H7BrF3NO3/c10-3-1-2-4(14)6(9(11,12)13)5(3)7(15)8(16)17/h1-2,7,15H,14H2,(H,16,17). The van der Waals surface area contributed by atoms with Crippen LogP contribution in [0, 0.1) is 0 Å². The quantitative estimate of drug-likeness (QED) is 0.731. The highest BCUT2D eigenvalue weighted by Crippen LogP contribution is 2.41. The van der Waals surface area contributed by atoms with E-state index in [2.05, 4.69) is 15.9 Å². The van der Waals surface area contributed by atoms with Crippen LogP contribution in [0.1, 0.15) is 17.2 Å². The average molecular weight is 314 g/mol. The number of nitrogen functional groups attached to an aromatic ring is 1. The number of halogens is 4. The van der Waals surface area contributed by atoms with E-state index in [0.29, 0.717) is 0 Å². The third-order valence-electron chi connectivity index (χ3n) is 2.02. The lowest BCUT2D eigenvalue weighted by atomic mass is 10.00. The first-order valence-corrected chi connectivity index (χ1v) is 5.01. The number of carboxylic acids is 1. The Morgan fingerprint density at radius 3 is 2.35 bits per heavy atom. The summed E-state index contributed by atoms with van der Waals surface area (Å²) in [5.41, 5.74) is 2.38. The zero-order valence-electron chi connectivity index (χ0n) is 8.12. The van der Waals surface area contributed by atoms with Gasteiger partial charge in [0.25, 0.3) is 0 Å². The van der Waals surface area contributed by atoms with Gasteiger partial charge in [-0.1, -0.05) is 15.9 Å². The lowest BCUT2D eigenvalue weighted by molar-refractivity contribution is -0.149. The van der Waals surface area contributed by atoms with Crippen molar-refractivity contribution < 1.29 is 28.2 Å². The summed E-state index contributed by atoms with van der Waals surface area (Å²) in [5, 5.41) is 17.8. The van der Waals surface area contributed by atoms with E-state index < -0.39 is 35.1 Å². The number of anilines is 1. The van der Waals surface area contributed by atoms with E-state index in [1.807, 2.05) is 0 Å². The Kier molecular flexibility index (Phi) is 3.68. The van der Waals surface area contributed by atoms with E-state index in [9.17, 15) is 23.1 Å². The molecule has 0 fully saturated rings. The molecule has 0 amide bonds. The van der Waals surface area contributed by atoms with Crippen LogP contribution in [0.15, 0.2) is 16.6 Å². The molecule has 4 N–H and O–H groups in total. The molecule has 1 aromatic rings. The van der Waals surface area contributed by atoms with Gasteiger partial charge in [0.15, 0.2) is 6.10 Å². The Morgan fingerprint density at radius 1 is 1.41 bits per heavy atom. The second-order valence-corrected chi connectivity index (χ2v) is 4.02. The second-order valence-electron chi connectivity index (χ2n) is 3.16. The maximum atomic E-state index is 12.7. The van der Waals surface area contributed by atoms with E-state index in [0.717, 1.165) is 12.1 Å². The number of carbonyl (C=O) groups is 1. The van der Waals surface area contributed by atoms with Crippen molar-refractivity contribution in [1.82, 2.24) is 0 Å². The van der Waals surface area contributed by atoms with Crippen LogP contribution in [0.5, 0.6) is 0 Å². The van der Waals surface area contributed by atoms with Gasteiger partial charge in [0.2, 0.25) is 0 Å². The fraction of sp³-hybridized carbons (Fsp3) is 0.222. The molecule has 1 atom stereocenters. The number of aliphatic hydroxyl groups is 1. The van der Waals surface area contributed by atoms with Gasteiger partial charge in [-0.25, -0.2) is 4.79 Å². The van der Waals surface area contributed by atoms with E-state index in [1.165, 1.54) is 0 Å². The number of hydrogen-bond acceptors (Lipinski definition) is 3. The van der Waals surface area contributed by atoms with Crippen molar-refractivity contribution in [2.45, 2.75) is 12.3 Å². The van der Waals surface area contributed by atoms with Crippen LogP contribution in [0.2, 0.25) is 0 Å². The average Bonchev–Trinajstić information content (AvgIpc) is 2.18. The zero-order valence-corrected chi connectivity index (χ0v) is 9.71. The van der Waals surface area contributed by atoms with Crippen LogP contribution < -0.4 is 5.73 Å². The molecule has 0 radical (unpaired) electrons. The largest absolute Gasteiger partial charge is 0.479 e. The summed E-state index contributed by atoms with van der Waals surface area (Å²) in [5.74, 6) is -1.79. The van der Waals surface area contributed by atoms with Crippen LogP contribution in [0.25, 0.3) is 0 Å². The fourth-order valence-electron chi connectivity index (χ4n) is 1.32. The molecule has 1 aromatic carbocycles. The molecule has 8 heteroatoms. The summed E-state index contributed by atoms with van der Waals surface area (Å²) in [7, 11) is 0. The summed E-state index contributed by atoms with van der Waals surface area (Å²) in [4.78, 5) is 10.6. The smallest absolute Gasteiger partial charge is 0.418 e. The highest BCUT2D eigenvalue weighted by Gasteiger charge is 2.39. The molecule has 0 aliphatic rings. The number of carboxylic acid groups (broad SMARTS) is 1. The van der Waals surface area contributed by atoms with Crippen molar-refractivity contribution in [2.75, 3.05) is 5.73 Å². The first-order valence-electron chi connectivity index (χ1n) is 4.22. The molecular formula is C9H7BrF3NO3. The Hall–Kier alpha value is -1.28. The Labute approximate surface area is 102 Å². The second kappa shape index (κ2) is 4.53. The number of benzene rings is 1. The number of aliphatic hydroxyl groups excluding tert-OH is 1. The Morgan fingerprint density at radius 2 is 1.94 bits per heavy atom. The fourth-order valence-corrected chi connectivity index (χ4v) is 1.87. The minimum atomic E-state index is -4.85. The Balaban J connectivity index is 3.57. The van der Waals surface area contributed by atoms with Crippen LogP contribution >= 0.6 is 15.9 Å². The van der Waals surface area contributed by atoms with Gasteiger partial charge in [0, 0.05) is 15.7 Å². The van der Waals surface area contributed by atoms with Crippen LogP contribution in [-0.2, 0) is 11.0 Å². The van der Waals surface area contributed by atoms with E-state index in [4.69, 9.17) is 10.8 Å². The summed E-state index contributed by atoms with van der Waals surface area (Å²) in [6, 6.07) is 2.12. The lowest BCUT2D eigenvalue weighted by Gasteiger charge is -2.18. The Bertz CT molecular complexity index is 462. The normalized spacial score (nSPS) is 13.5. The van der Waals surface area contributed by atoms with E-state index in [1.54, 1.807) is 0 Å². The number of hydrogen-bond donors (Lipinski definition) is 3. The molecule has 0 spiro atoms. The maximum absolute atomic E-state index is 12.7. The summed E-state index contributed by atoms with van der Waals surface area (Å²) in [6.07, 6.45) is -7.15. The van der Waals surface area contributed by atoms with Crippen LogP contribution in [0.3, 0.4) is 0 Å². The molecule has 17 heavy (non-hydrogen) atoms. The number of aliphatic carboxylic acids is 1. The van der Waals surface area contributed by atoms with Gasteiger partial charge in [-0.05, 0) is 12.1 Å². The molecular weight excluding hydrogens is 307 g/mol. The minimum absolute atomic E-state index is 0.172. The van der Waals surface area contributed by atoms with Crippen molar-refractivity contribution in [3.8, 4) is 0 Å². The molecule has 4 nitrogen and oxygen atoms in total. The predicted molar refractivity (Wildman–Crippen MR) is 56.2 cm³/mol. The molecule has 0 saturated heterocycles. The van der Waals surface area contributed by atoms with Crippen molar-refractivity contribution >= 4 is 27.6 Å². The van der Waals surface area contributed by atoms with E-state index in [-0.39, 0.29) is 4.47 Å². The van der Waals surface area contributed by atoms with Gasteiger partial charge >= 0.3 is 12.1 Å². The molecule has 94 valence electrons. The summed E-state index contributed by atoms with van der Waals surface area (Å²) < 4.78 is 38.0. The number of rotatable bonds is 2. The third-order valence-corrected chi connectivity index (χ3v) is 2.71. The maximum Gasteiger partial charge on any atom is 0.418 e. The van der Waals surface area contributed by atoms with Crippen molar-refractivity contribution in [3.05, 3.63) is 27.7 Å². The van der Waals surface area contributed by atoms with Crippen LogP contribution in [-0.4, -0.2) is 16.2 Å². The highest BCUT2D eigenvalue weighted by molar-refractivity contribution is 9.10. The van der Waals surface area contributed by atoms with E-state index >= 15 is 0 Å². The van der Waals surface area contributed by atoms with Crippen LogP contribution in [0.4, 0.5) is 18.9 Å². The SMILES string of the molecule is Nc1ccc(Br)c(C(O)C(=O)O)c1C(F)(F)F. The van der Waals surface area contributed by atoms with Gasteiger partial charge in [-0.3, -0.25) is 0 Å². The summed E-state index contributed by atoms with van der Waals surface area (Å²) in [6.45, 7) is 0. The predicted octanol–water partition coefficient (Wildman–Crippen LogP) is 2.17. The first kappa shape index (κ1) is 13.8. The molecule has 0 heterocycles. The lowest BCUT2D eigenvalue weighted by Crippen LogP contribution is -2.19. The van der Waals surface area contributed by atoms with Crippen molar-refractivity contribution in [1.29, 1.82) is 0 Å². The molecule has 0 saturated carbocycles. The molecule has 0 aliphatic heterocycles. The van der Waals surface area contributed by atoms with Gasteiger partial charge in [0.05, 0.1) is 5.56 Å². The topological polar surface area (TPSA) is 83.5 Å². The zero-order chi connectivity index (χ0) is 13.4. The molecule has 1 unspecified atom stereocenters. The molecule has 0 aliphatic carbocycles. The van der Waals surface area contributed by atoms with Gasteiger partial charge in [-0.2, -0.15) is 13.2 Å². The highest BCUT2D eigenvalue weighted by atomic mass is 79.9. The first-order chi connectivity index (χ1) is 7.66. The monoisotopic (exact) mass is 313 g/mol. The van der Waals surface area contributed by atoms with Gasteiger partial charge < -0.3 is 15.9 Å². The molecule has 1 rings (SSSR count). The third kappa shape index (κ3) is 2.70. The summed E-state index contributed by atoms with van der Waals surface area (Å²) >= 11 is 2.76. The number of nitrogens with two attached hydrogens (primary N) is 1. The van der Waals surface area contributed by atoms with Gasteiger partial charge in [0.1, 0.15) is 0 Å².